The molecule has 0 N–H and O–H groups in total. The maximum absolute atomic E-state index is 13.9. The molecule has 3 aromatic carbocycles. The zero-order chi connectivity index (χ0) is 25.8. The summed E-state index contributed by atoms with van der Waals surface area (Å²) >= 11 is 0. The predicted octanol–water partition coefficient (Wildman–Crippen LogP) is 5.51. The number of amides is 2. The molecule has 0 unspecified atom stereocenters. The Morgan fingerprint density at radius 2 is 1.22 bits per heavy atom. The molecule has 2 bridgehead atoms. The van der Waals surface area contributed by atoms with Crippen molar-refractivity contribution in [3.05, 3.63) is 118 Å². The van der Waals surface area contributed by atoms with E-state index in [1.807, 2.05) is 0 Å². The van der Waals surface area contributed by atoms with E-state index < -0.39 is 17.8 Å². The number of fused-ring (bicyclic) bond motifs is 5. The van der Waals surface area contributed by atoms with Crippen LogP contribution in [-0.4, -0.2) is 24.9 Å². The number of ether oxygens (including phenoxy) is 1. The molecule has 2 aliphatic carbocycles. The Hall–Kier alpha value is -4.25. The van der Waals surface area contributed by atoms with Gasteiger partial charge in [0.15, 0.2) is 0 Å². The van der Waals surface area contributed by atoms with Crippen LogP contribution in [0.5, 0.6) is 0 Å². The second kappa shape index (κ2) is 8.70. The Morgan fingerprint density at radius 1 is 0.730 bits per heavy atom. The van der Waals surface area contributed by atoms with Crippen molar-refractivity contribution in [2.45, 2.75) is 13.8 Å². The van der Waals surface area contributed by atoms with E-state index in [1.165, 1.54) is 23.1 Å². The SMILES string of the molecule is COC(=O)c1ccccc1N1C(=O)[C@@H]2[C@H](C1=O)[C@H]1C=C[C@H]2C1=C(c1ccc(C)cc1)c1ccc(C)cc1. The van der Waals surface area contributed by atoms with Crippen LogP contribution in [0.3, 0.4) is 0 Å². The lowest BCUT2D eigenvalue weighted by Crippen LogP contribution is -2.34. The van der Waals surface area contributed by atoms with Gasteiger partial charge in [-0.1, -0.05) is 83.9 Å². The summed E-state index contributed by atoms with van der Waals surface area (Å²) < 4.78 is 4.91. The Bertz CT molecular complexity index is 1410. The van der Waals surface area contributed by atoms with Gasteiger partial charge in [0.2, 0.25) is 11.8 Å². The zero-order valence-electron chi connectivity index (χ0n) is 21.0. The molecule has 4 atom stereocenters. The average molecular weight is 490 g/mol. The summed E-state index contributed by atoms with van der Waals surface area (Å²) in [6.45, 7) is 4.12. The smallest absolute Gasteiger partial charge is 0.339 e. The zero-order valence-corrected chi connectivity index (χ0v) is 21.0. The summed E-state index contributed by atoms with van der Waals surface area (Å²) in [4.78, 5) is 41.4. The molecule has 1 saturated heterocycles. The summed E-state index contributed by atoms with van der Waals surface area (Å²) in [5, 5.41) is 0. The minimum Gasteiger partial charge on any atom is -0.465 e. The Balaban J connectivity index is 1.48. The standard InChI is InChI=1S/C32H27NO4/c1-18-8-12-20(13-9-18)26(21-14-10-19(2)11-15-21)27-23-16-17-24(27)29-28(23)30(34)33(31(29)35)25-7-5-4-6-22(25)32(36)37-3/h4-17,23-24,28-29H,1-3H3/t23-,24-,28-,29+/m0/s1. The van der Waals surface area contributed by atoms with E-state index in [0.29, 0.717) is 5.69 Å². The maximum atomic E-state index is 13.9. The summed E-state index contributed by atoms with van der Waals surface area (Å²) in [7, 11) is 1.29. The minimum absolute atomic E-state index is 0.181. The van der Waals surface area contributed by atoms with Gasteiger partial charge in [0.05, 0.1) is 30.2 Å². The highest BCUT2D eigenvalue weighted by atomic mass is 16.5. The van der Waals surface area contributed by atoms with E-state index in [2.05, 4.69) is 74.5 Å². The van der Waals surface area contributed by atoms with Crippen molar-refractivity contribution in [1.82, 2.24) is 0 Å². The van der Waals surface area contributed by atoms with Crippen LogP contribution in [0.15, 0.2) is 90.5 Å². The van der Waals surface area contributed by atoms with E-state index in [0.717, 1.165) is 22.3 Å². The van der Waals surface area contributed by atoms with E-state index in [9.17, 15) is 14.4 Å². The molecule has 5 heteroatoms. The first-order chi connectivity index (χ1) is 17.9. The molecule has 37 heavy (non-hydrogen) atoms. The van der Waals surface area contributed by atoms with Gasteiger partial charge in [0.25, 0.3) is 0 Å². The molecule has 1 saturated carbocycles. The summed E-state index contributed by atoms with van der Waals surface area (Å²) in [5.74, 6) is -2.43. The van der Waals surface area contributed by atoms with E-state index in [-0.39, 0.29) is 29.2 Å². The van der Waals surface area contributed by atoms with Gasteiger partial charge in [-0.3, -0.25) is 9.59 Å². The molecular weight excluding hydrogens is 462 g/mol. The van der Waals surface area contributed by atoms with Crippen LogP contribution in [0, 0.1) is 37.5 Å². The van der Waals surface area contributed by atoms with Gasteiger partial charge in [-0.25, -0.2) is 9.69 Å². The molecule has 184 valence electrons. The molecule has 5 nitrogen and oxygen atoms in total. The molecule has 0 aromatic heterocycles. The van der Waals surface area contributed by atoms with Crippen molar-refractivity contribution in [2.75, 3.05) is 12.0 Å². The molecule has 1 heterocycles. The molecule has 3 aliphatic rings. The quantitative estimate of drug-likeness (QED) is 0.275. The monoisotopic (exact) mass is 489 g/mol. The third kappa shape index (κ3) is 3.49. The highest BCUT2D eigenvalue weighted by molar-refractivity contribution is 6.25. The van der Waals surface area contributed by atoms with Crippen molar-refractivity contribution in [2.24, 2.45) is 23.7 Å². The predicted molar refractivity (Wildman–Crippen MR) is 142 cm³/mol. The van der Waals surface area contributed by atoms with Gasteiger partial charge in [-0.2, -0.15) is 0 Å². The fourth-order valence-corrected chi connectivity index (χ4v) is 6.23. The van der Waals surface area contributed by atoms with Crippen LogP contribution in [0.1, 0.15) is 32.6 Å². The number of para-hydroxylation sites is 1. The first-order valence-electron chi connectivity index (χ1n) is 12.5. The van der Waals surface area contributed by atoms with Crippen molar-refractivity contribution in [1.29, 1.82) is 0 Å². The van der Waals surface area contributed by atoms with E-state index in [1.54, 1.807) is 24.3 Å². The van der Waals surface area contributed by atoms with Gasteiger partial charge < -0.3 is 4.74 Å². The van der Waals surface area contributed by atoms with Crippen molar-refractivity contribution < 1.29 is 19.1 Å². The first-order valence-corrected chi connectivity index (χ1v) is 12.5. The highest BCUT2D eigenvalue weighted by Crippen LogP contribution is 2.59. The largest absolute Gasteiger partial charge is 0.465 e. The third-order valence-electron chi connectivity index (χ3n) is 7.94. The molecule has 6 rings (SSSR count). The normalized spacial score (nSPS) is 23.5. The molecule has 2 amide bonds. The summed E-state index contributed by atoms with van der Waals surface area (Å²) in [6, 6.07) is 23.5. The van der Waals surface area contributed by atoms with E-state index >= 15 is 0 Å². The topological polar surface area (TPSA) is 63.7 Å². The lowest BCUT2D eigenvalue weighted by molar-refractivity contribution is -0.122. The number of benzene rings is 3. The van der Waals surface area contributed by atoms with Gasteiger partial charge in [0, 0.05) is 11.8 Å². The third-order valence-corrected chi connectivity index (χ3v) is 7.94. The number of allylic oxidation sites excluding steroid dienone is 3. The van der Waals surface area contributed by atoms with Crippen LogP contribution in [-0.2, 0) is 14.3 Å². The van der Waals surface area contributed by atoms with Crippen molar-refractivity contribution >= 4 is 29.0 Å². The molecular formula is C32H27NO4. The van der Waals surface area contributed by atoms with Gasteiger partial charge in [-0.05, 0) is 48.3 Å². The Labute approximate surface area is 216 Å². The number of methoxy groups -OCH3 is 1. The number of carbonyl (C=O) groups is 3. The Morgan fingerprint density at radius 3 is 1.70 bits per heavy atom. The second-order valence-corrected chi connectivity index (χ2v) is 10.1. The fourth-order valence-electron chi connectivity index (χ4n) is 6.23. The van der Waals surface area contributed by atoms with Crippen molar-refractivity contribution in [3.8, 4) is 0 Å². The average Bonchev–Trinajstić information content (AvgIpc) is 3.55. The number of anilines is 1. The highest BCUT2D eigenvalue weighted by Gasteiger charge is 2.62. The number of aryl methyl sites for hydroxylation is 2. The van der Waals surface area contributed by atoms with Crippen LogP contribution in [0.4, 0.5) is 5.69 Å². The number of imide groups is 1. The summed E-state index contributed by atoms with van der Waals surface area (Å²) in [6.07, 6.45) is 4.18. The van der Waals surface area contributed by atoms with E-state index in [4.69, 9.17) is 4.74 Å². The molecule has 2 fully saturated rings. The lowest BCUT2D eigenvalue weighted by Gasteiger charge is -2.22. The number of rotatable bonds is 4. The molecule has 0 radical (unpaired) electrons. The minimum atomic E-state index is -0.573. The molecule has 1 aliphatic heterocycles. The number of hydrogen-bond acceptors (Lipinski definition) is 4. The number of nitrogens with zero attached hydrogens (tertiary/aromatic N) is 1. The molecule has 3 aromatic rings. The van der Waals surface area contributed by atoms with Crippen LogP contribution < -0.4 is 4.90 Å². The second-order valence-electron chi connectivity index (χ2n) is 10.1. The van der Waals surface area contributed by atoms with Crippen LogP contribution in [0.2, 0.25) is 0 Å². The molecule has 0 spiro atoms. The summed E-state index contributed by atoms with van der Waals surface area (Å²) in [5.41, 5.74) is 7.23. The number of carbonyl (C=O) groups excluding carboxylic acids is 3. The van der Waals surface area contributed by atoms with Gasteiger partial charge in [-0.15, -0.1) is 0 Å². The Kier molecular flexibility index (Phi) is 5.45. The van der Waals surface area contributed by atoms with Crippen LogP contribution in [0.25, 0.3) is 5.57 Å². The number of esters is 1. The number of hydrogen-bond donors (Lipinski definition) is 0. The van der Waals surface area contributed by atoms with Gasteiger partial charge >= 0.3 is 5.97 Å². The maximum Gasteiger partial charge on any atom is 0.339 e. The fraction of sp³-hybridized carbons (Fsp3) is 0.219. The first kappa shape index (κ1) is 23.2. The van der Waals surface area contributed by atoms with Crippen LogP contribution >= 0.6 is 0 Å². The lowest BCUT2D eigenvalue weighted by atomic mass is 9.85. The van der Waals surface area contributed by atoms with Gasteiger partial charge in [0.1, 0.15) is 0 Å². The van der Waals surface area contributed by atoms with Crippen molar-refractivity contribution in [3.63, 3.8) is 0 Å².